The van der Waals surface area contributed by atoms with Gasteiger partial charge in [-0.15, -0.1) is 11.3 Å². The van der Waals surface area contributed by atoms with Crippen molar-refractivity contribution < 1.29 is 14.3 Å². The van der Waals surface area contributed by atoms with E-state index in [4.69, 9.17) is 27.9 Å². The maximum Gasteiger partial charge on any atom is 0.325 e. The first kappa shape index (κ1) is 20.9. The van der Waals surface area contributed by atoms with Gasteiger partial charge in [-0.2, -0.15) is 0 Å². The molecule has 0 spiro atoms. The minimum Gasteiger partial charge on any atom is -0.495 e. The molecule has 10 heteroatoms. The second-order valence-electron chi connectivity index (χ2n) is 5.80. The Balaban J connectivity index is 1.52. The molecule has 1 heterocycles. The maximum atomic E-state index is 12.2. The third-order valence-corrected chi connectivity index (χ3v) is 5.01. The van der Waals surface area contributed by atoms with E-state index in [0.29, 0.717) is 38.0 Å². The fraction of sp³-hybridized carbons (Fsp3) is 0.105. The molecule has 150 valence electrons. The number of benzene rings is 2. The number of ether oxygens (including phenoxy) is 1. The molecule has 0 atom stereocenters. The number of hydrogen-bond donors (Lipinski definition) is 3. The third kappa shape index (κ3) is 6.08. The van der Waals surface area contributed by atoms with Crippen molar-refractivity contribution in [2.24, 2.45) is 0 Å². The number of urea groups is 1. The smallest absolute Gasteiger partial charge is 0.325 e. The number of thiazole rings is 1. The van der Waals surface area contributed by atoms with Gasteiger partial charge in [-0.1, -0.05) is 23.2 Å². The van der Waals surface area contributed by atoms with Crippen molar-refractivity contribution in [3.8, 4) is 5.75 Å². The van der Waals surface area contributed by atoms with Gasteiger partial charge in [0, 0.05) is 21.8 Å². The average Bonchev–Trinajstić information content (AvgIpc) is 3.10. The van der Waals surface area contributed by atoms with E-state index in [-0.39, 0.29) is 12.3 Å². The van der Waals surface area contributed by atoms with Crippen molar-refractivity contribution in [2.45, 2.75) is 6.42 Å². The molecule has 29 heavy (non-hydrogen) atoms. The van der Waals surface area contributed by atoms with Crippen LogP contribution < -0.4 is 20.7 Å². The minimum absolute atomic E-state index is 0.0562. The summed E-state index contributed by atoms with van der Waals surface area (Å²) in [6.45, 7) is 0. The van der Waals surface area contributed by atoms with Gasteiger partial charge in [0.2, 0.25) is 5.91 Å². The predicted octanol–water partition coefficient (Wildman–Crippen LogP) is 5.28. The lowest BCUT2D eigenvalue weighted by molar-refractivity contribution is -0.115. The molecular weight excluding hydrogens is 435 g/mol. The molecule has 0 radical (unpaired) electrons. The van der Waals surface area contributed by atoms with Crippen molar-refractivity contribution in [1.82, 2.24) is 4.98 Å². The molecule has 3 N–H and O–H groups in total. The summed E-state index contributed by atoms with van der Waals surface area (Å²) < 4.78 is 5.08. The largest absolute Gasteiger partial charge is 0.495 e. The van der Waals surface area contributed by atoms with Crippen molar-refractivity contribution in [1.29, 1.82) is 0 Å². The molecule has 1 aromatic heterocycles. The highest BCUT2D eigenvalue weighted by molar-refractivity contribution is 7.14. The van der Waals surface area contributed by atoms with Crippen LogP contribution in [0.3, 0.4) is 0 Å². The molecular formula is C19H16Cl2N4O3S. The van der Waals surface area contributed by atoms with Gasteiger partial charge in [0.25, 0.3) is 0 Å². The van der Waals surface area contributed by atoms with Gasteiger partial charge in [-0.3, -0.25) is 10.1 Å². The van der Waals surface area contributed by atoms with Gasteiger partial charge in [-0.05, 0) is 42.5 Å². The van der Waals surface area contributed by atoms with Gasteiger partial charge in [0.05, 0.1) is 24.2 Å². The first-order valence-corrected chi connectivity index (χ1v) is 9.98. The van der Waals surface area contributed by atoms with Gasteiger partial charge < -0.3 is 15.4 Å². The lowest BCUT2D eigenvalue weighted by Crippen LogP contribution is -2.19. The van der Waals surface area contributed by atoms with Gasteiger partial charge >= 0.3 is 6.03 Å². The van der Waals surface area contributed by atoms with Crippen molar-refractivity contribution in [3.63, 3.8) is 0 Å². The number of methoxy groups -OCH3 is 1. The second kappa shape index (κ2) is 9.60. The quantitative estimate of drug-likeness (QED) is 0.475. The van der Waals surface area contributed by atoms with Crippen LogP contribution in [0.15, 0.2) is 47.8 Å². The maximum absolute atomic E-state index is 12.2. The molecule has 2 aromatic carbocycles. The summed E-state index contributed by atoms with van der Waals surface area (Å²) in [5.41, 5.74) is 1.69. The molecule has 7 nitrogen and oxygen atoms in total. The van der Waals surface area contributed by atoms with E-state index < -0.39 is 6.03 Å². The molecule has 3 amide bonds. The number of rotatable bonds is 6. The number of carbonyl (C=O) groups excluding carboxylic acids is 2. The SMILES string of the molecule is COc1ccc(NC(=O)Cc2csc(NC(=O)Nc3ccc(Cl)cc3)n2)cc1Cl. The Kier molecular flexibility index (Phi) is 6.92. The predicted molar refractivity (Wildman–Crippen MR) is 117 cm³/mol. The number of hydrogen-bond acceptors (Lipinski definition) is 5. The lowest BCUT2D eigenvalue weighted by Gasteiger charge is -2.07. The highest BCUT2D eigenvalue weighted by atomic mass is 35.5. The molecule has 0 aliphatic carbocycles. The summed E-state index contributed by atoms with van der Waals surface area (Å²) in [6.07, 6.45) is 0.0562. The second-order valence-corrected chi connectivity index (χ2v) is 7.51. The summed E-state index contributed by atoms with van der Waals surface area (Å²) in [6, 6.07) is 11.2. The first-order valence-electron chi connectivity index (χ1n) is 8.34. The Morgan fingerprint density at radius 2 is 1.76 bits per heavy atom. The molecule has 3 rings (SSSR count). The summed E-state index contributed by atoms with van der Waals surface area (Å²) in [7, 11) is 1.52. The van der Waals surface area contributed by atoms with Crippen LogP contribution in [0.5, 0.6) is 5.75 Å². The molecule has 3 aromatic rings. The van der Waals surface area contributed by atoms with Crippen LogP contribution in [0.2, 0.25) is 10.0 Å². The van der Waals surface area contributed by atoms with E-state index in [1.165, 1.54) is 18.4 Å². The topological polar surface area (TPSA) is 92.4 Å². The van der Waals surface area contributed by atoms with E-state index in [9.17, 15) is 9.59 Å². The number of aromatic nitrogens is 1. The van der Waals surface area contributed by atoms with E-state index in [1.54, 1.807) is 47.8 Å². The van der Waals surface area contributed by atoms with E-state index in [2.05, 4.69) is 20.9 Å². The van der Waals surface area contributed by atoms with E-state index in [1.807, 2.05) is 0 Å². The summed E-state index contributed by atoms with van der Waals surface area (Å²) in [4.78, 5) is 28.5. The zero-order valence-electron chi connectivity index (χ0n) is 15.2. The molecule has 0 unspecified atom stereocenters. The standard InChI is InChI=1S/C19H16Cl2N4O3S/c1-28-16-7-6-13(8-15(16)21)22-17(26)9-14-10-29-19(24-14)25-18(27)23-12-4-2-11(20)3-5-12/h2-8,10H,9H2,1H3,(H,22,26)(H2,23,24,25,27). The van der Waals surface area contributed by atoms with Gasteiger partial charge in [-0.25, -0.2) is 9.78 Å². The van der Waals surface area contributed by atoms with Crippen LogP contribution in [0.25, 0.3) is 0 Å². The number of anilines is 3. The highest BCUT2D eigenvalue weighted by Gasteiger charge is 2.11. The van der Waals surface area contributed by atoms with Crippen LogP contribution >= 0.6 is 34.5 Å². The molecule has 0 bridgehead atoms. The van der Waals surface area contributed by atoms with Gasteiger partial charge in [0.15, 0.2) is 5.13 Å². The molecule has 0 saturated carbocycles. The van der Waals surface area contributed by atoms with Gasteiger partial charge in [0.1, 0.15) is 5.75 Å². The Bertz CT molecular complexity index is 1020. The summed E-state index contributed by atoms with van der Waals surface area (Å²) >= 11 is 13.1. The number of nitrogens with zero attached hydrogens (tertiary/aromatic N) is 1. The summed E-state index contributed by atoms with van der Waals surface area (Å²) in [5, 5.41) is 11.1. The van der Waals surface area contributed by atoms with Crippen LogP contribution in [0.1, 0.15) is 5.69 Å². The normalized spacial score (nSPS) is 10.3. The third-order valence-electron chi connectivity index (χ3n) is 3.65. The Morgan fingerprint density at radius 1 is 1.03 bits per heavy atom. The van der Waals surface area contributed by atoms with E-state index in [0.717, 1.165) is 0 Å². The van der Waals surface area contributed by atoms with Crippen molar-refractivity contribution >= 4 is 63.0 Å². The number of halogens is 2. The average molecular weight is 451 g/mol. The Labute approximate surface area is 181 Å². The van der Waals surface area contributed by atoms with Crippen LogP contribution in [0, 0.1) is 0 Å². The van der Waals surface area contributed by atoms with Crippen LogP contribution in [-0.2, 0) is 11.2 Å². The summed E-state index contributed by atoms with van der Waals surface area (Å²) in [5.74, 6) is 0.269. The fourth-order valence-electron chi connectivity index (χ4n) is 2.35. The van der Waals surface area contributed by atoms with E-state index >= 15 is 0 Å². The monoisotopic (exact) mass is 450 g/mol. The minimum atomic E-state index is -0.439. The molecule has 0 aliphatic rings. The molecule has 0 fully saturated rings. The number of amides is 3. The fourth-order valence-corrected chi connectivity index (χ4v) is 3.44. The lowest BCUT2D eigenvalue weighted by atomic mass is 10.2. The molecule has 0 saturated heterocycles. The van der Waals surface area contributed by atoms with Crippen molar-refractivity contribution in [3.05, 3.63) is 63.6 Å². The Hall–Kier alpha value is -2.81. The zero-order chi connectivity index (χ0) is 20.8. The Morgan fingerprint density at radius 3 is 2.45 bits per heavy atom. The zero-order valence-corrected chi connectivity index (χ0v) is 17.5. The number of carbonyl (C=O) groups is 2. The first-order chi connectivity index (χ1) is 13.9. The molecule has 0 aliphatic heterocycles. The highest BCUT2D eigenvalue weighted by Crippen LogP contribution is 2.27. The van der Waals surface area contributed by atoms with Crippen LogP contribution in [0.4, 0.5) is 21.3 Å². The number of nitrogens with one attached hydrogen (secondary N) is 3. The van der Waals surface area contributed by atoms with Crippen molar-refractivity contribution in [2.75, 3.05) is 23.1 Å². The van der Waals surface area contributed by atoms with Crippen LogP contribution in [-0.4, -0.2) is 24.0 Å².